The Hall–Kier alpha value is -3.34. The quantitative estimate of drug-likeness (QED) is 0.605. The molecule has 0 spiro atoms. The van der Waals surface area contributed by atoms with E-state index in [2.05, 4.69) is 19.9 Å². The highest BCUT2D eigenvalue weighted by Gasteiger charge is 2.28. The Labute approximate surface area is 168 Å². The topological polar surface area (TPSA) is 102 Å². The van der Waals surface area contributed by atoms with E-state index in [1.807, 2.05) is 0 Å². The molecule has 3 rings (SSSR count). The second kappa shape index (κ2) is 8.19. The number of benzene rings is 1. The average Bonchev–Trinajstić information content (AvgIpc) is 3.18. The Bertz CT molecular complexity index is 1040. The molecule has 160 valence electrons. The second-order valence-corrected chi connectivity index (χ2v) is 7.08. The fourth-order valence-corrected chi connectivity index (χ4v) is 2.43. The number of rotatable bonds is 7. The summed E-state index contributed by atoms with van der Waals surface area (Å²) >= 11 is 0. The Kier molecular flexibility index (Phi) is 5.83. The van der Waals surface area contributed by atoms with Gasteiger partial charge in [-0.2, -0.15) is 23.3 Å². The van der Waals surface area contributed by atoms with E-state index in [0.717, 1.165) is 4.57 Å². The van der Waals surface area contributed by atoms with E-state index in [9.17, 15) is 23.1 Å². The zero-order chi connectivity index (χ0) is 21.9. The first-order valence-electron chi connectivity index (χ1n) is 8.80. The van der Waals surface area contributed by atoms with Crippen LogP contribution >= 0.6 is 0 Å². The molecule has 0 unspecified atom stereocenters. The van der Waals surface area contributed by atoms with Crippen molar-refractivity contribution in [3.05, 3.63) is 53.1 Å². The van der Waals surface area contributed by atoms with Gasteiger partial charge in [0, 0.05) is 17.8 Å². The van der Waals surface area contributed by atoms with Crippen LogP contribution in [0.5, 0.6) is 11.8 Å². The first kappa shape index (κ1) is 21.4. The summed E-state index contributed by atoms with van der Waals surface area (Å²) in [7, 11) is 0. The van der Waals surface area contributed by atoms with Crippen LogP contribution in [0.2, 0.25) is 0 Å². The van der Waals surface area contributed by atoms with Gasteiger partial charge in [0.15, 0.2) is 6.61 Å². The number of H-pyrrole nitrogens is 1. The maximum atomic E-state index is 12.8. The van der Waals surface area contributed by atoms with Crippen molar-refractivity contribution in [2.75, 3.05) is 13.2 Å². The van der Waals surface area contributed by atoms with Gasteiger partial charge < -0.3 is 14.6 Å². The summed E-state index contributed by atoms with van der Waals surface area (Å²) < 4.78 is 48.3. The predicted octanol–water partition coefficient (Wildman–Crippen LogP) is 2.71. The van der Waals surface area contributed by atoms with Crippen LogP contribution in [0.3, 0.4) is 0 Å². The number of ether oxygens (including phenoxy) is 2. The molecule has 2 aromatic heterocycles. The first-order valence-corrected chi connectivity index (χ1v) is 8.80. The molecule has 0 atom stereocenters. The van der Waals surface area contributed by atoms with Crippen LogP contribution in [0, 0.1) is 0 Å². The number of aliphatic hydroxyl groups is 1. The van der Waals surface area contributed by atoms with Gasteiger partial charge in [-0.25, -0.2) is 4.57 Å². The van der Waals surface area contributed by atoms with Crippen LogP contribution in [0.4, 0.5) is 13.2 Å². The lowest BCUT2D eigenvalue weighted by molar-refractivity contribution is -0.153. The summed E-state index contributed by atoms with van der Waals surface area (Å²) in [6.07, 6.45) is -1.42. The molecule has 0 bridgehead atoms. The van der Waals surface area contributed by atoms with Crippen LogP contribution in [0.15, 0.2) is 47.5 Å². The van der Waals surface area contributed by atoms with Gasteiger partial charge in [0.05, 0.1) is 23.2 Å². The summed E-state index contributed by atoms with van der Waals surface area (Å²) in [6, 6.07) is 6.60. The molecule has 0 radical (unpaired) electrons. The third-order valence-electron chi connectivity index (χ3n) is 3.73. The van der Waals surface area contributed by atoms with Crippen molar-refractivity contribution in [1.82, 2.24) is 19.7 Å². The SMILES string of the molecule is CC(C)(O)COc1nc(-c2cn[nH]c2)cc(=O)n1-c1ccc(OCC(F)(F)F)cc1. The number of aromatic nitrogens is 4. The Morgan fingerprint density at radius 2 is 1.83 bits per heavy atom. The van der Waals surface area contributed by atoms with Crippen molar-refractivity contribution in [3.63, 3.8) is 0 Å². The van der Waals surface area contributed by atoms with E-state index >= 15 is 0 Å². The van der Waals surface area contributed by atoms with Crippen molar-refractivity contribution >= 4 is 0 Å². The molecule has 1 aromatic carbocycles. The minimum atomic E-state index is -4.46. The molecule has 0 aliphatic heterocycles. The van der Waals surface area contributed by atoms with E-state index in [0.29, 0.717) is 16.9 Å². The number of hydrogen-bond acceptors (Lipinski definition) is 6. The molecule has 0 aliphatic carbocycles. The van der Waals surface area contributed by atoms with Crippen LogP contribution < -0.4 is 15.0 Å². The Morgan fingerprint density at radius 1 is 1.13 bits per heavy atom. The summed E-state index contributed by atoms with van der Waals surface area (Å²) in [5, 5.41) is 16.4. The monoisotopic (exact) mass is 424 g/mol. The number of hydrogen-bond donors (Lipinski definition) is 2. The second-order valence-electron chi connectivity index (χ2n) is 7.08. The average molecular weight is 424 g/mol. The molecule has 8 nitrogen and oxygen atoms in total. The van der Waals surface area contributed by atoms with Gasteiger partial charge in [-0.1, -0.05) is 0 Å². The standard InChI is InChI=1S/C19H19F3N4O4/c1-18(2,28)10-30-17-25-15(12-8-23-24-9-12)7-16(27)26(17)13-3-5-14(6-4-13)29-11-19(20,21)22/h3-9,28H,10-11H2,1-2H3,(H,23,24). The van der Waals surface area contributed by atoms with Crippen LogP contribution in [-0.4, -0.2) is 49.8 Å². The third-order valence-corrected chi connectivity index (χ3v) is 3.73. The van der Waals surface area contributed by atoms with E-state index in [1.165, 1.54) is 50.4 Å². The van der Waals surface area contributed by atoms with E-state index in [1.54, 1.807) is 6.20 Å². The predicted molar refractivity (Wildman–Crippen MR) is 101 cm³/mol. The maximum Gasteiger partial charge on any atom is 0.422 e. The van der Waals surface area contributed by atoms with E-state index < -0.39 is 23.9 Å². The molecular formula is C19H19F3N4O4. The van der Waals surface area contributed by atoms with Crippen molar-refractivity contribution < 1.29 is 27.8 Å². The lowest BCUT2D eigenvalue weighted by Crippen LogP contribution is -2.30. The highest BCUT2D eigenvalue weighted by molar-refractivity contribution is 5.57. The molecule has 0 saturated heterocycles. The molecule has 0 aliphatic rings. The summed E-state index contributed by atoms with van der Waals surface area (Å²) in [5.41, 5.74) is -0.514. The summed E-state index contributed by atoms with van der Waals surface area (Å²) in [4.78, 5) is 17.1. The minimum Gasteiger partial charge on any atom is -0.484 e. The number of halogens is 3. The van der Waals surface area contributed by atoms with Crippen molar-refractivity contribution in [1.29, 1.82) is 0 Å². The molecule has 0 fully saturated rings. The first-order chi connectivity index (χ1) is 14.0. The lowest BCUT2D eigenvalue weighted by Gasteiger charge is -2.20. The molecule has 11 heteroatoms. The van der Waals surface area contributed by atoms with E-state index in [4.69, 9.17) is 4.74 Å². The van der Waals surface area contributed by atoms with Gasteiger partial charge in [0.1, 0.15) is 12.4 Å². The zero-order valence-electron chi connectivity index (χ0n) is 16.1. The summed E-state index contributed by atoms with van der Waals surface area (Å²) in [6.45, 7) is 1.48. The van der Waals surface area contributed by atoms with Crippen LogP contribution in [0.1, 0.15) is 13.8 Å². The minimum absolute atomic E-state index is 0.00828. The number of aromatic amines is 1. The van der Waals surface area contributed by atoms with Crippen molar-refractivity contribution in [3.8, 4) is 28.7 Å². The van der Waals surface area contributed by atoms with Gasteiger partial charge in [-0.05, 0) is 38.1 Å². The molecule has 0 amide bonds. The molecule has 0 saturated carbocycles. The van der Waals surface area contributed by atoms with Gasteiger partial charge in [-0.15, -0.1) is 0 Å². The summed E-state index contributed by atoms with van der Waals surface area (Å²) in [5.74, 6) is -0.00828. The molecular weight excluding hydrogens is 405 g/mol. The maximum absolute atomic E-state index is 12.8. The van der Waals surface area contributed by atoms with Gasteiger partial charge in [0.2, 0.25) is 0 Å². The fraction of sp³-hybridized carbons (Fsp3) is 0.316. The van der Waals surface area contributed by atoms with Crippen LogP contribution in [0.25, 0.3) is 16.9 Å². The molecule has 30 heavy (non-hydrogen) atoms. The lowest BCUT2D eigenvalue weighted by atomic mass is 10.2. The largest absolute Gasteiger partial charge is 0.484 e. The molecule has 2 N–H and O–H groups in total. The molecule has 3 aromatic rings. The highest BCUT2D eigenvalue weighted by atomic mass is 19.4. The normalized spacial score (nSPS) is 12.1. The van der Waals surface area contributed by atoms with Crippen molar-refractivity contribution in [2.45, 2.75) is 25.6 Å². The number of alkyl halides is 3. The van der Waals surface area contributed by atoms with Gasteiger partial charge in [0.25, 0.3) is 5.56 Å². The smallest absolute Gasteiger partial charge is 0.422 e. The van der Waals surface area contributed by atoms with E-state index in [-0.39, 0.29) is 18.4 Å². The van der Waals surface area contributed by atoms with Gasteiger partial charge >= 0.3 is 12.2 Å². The fourth-order valence-electron chi connectivity index (χ4n) is 2.43. The van der Waals surface area contributed by atoms with Crippen molar-refractivity contribution in [2.24, 2.45) is 0 Å². The third kappa shape index (κ3) is 5.60. The highest BCUT2D eigenvalue weighted by Crippen LogP contribution is 2.23. The number of nitrogens with zero attached hydrogens (tertiary/aromatic N) is 3. The van der Waals surface area contributed by atoms with Crippen LogP contribution in [-0.2, 0) is 0 Å². The zero-order valence-corrected chi connectivity index (χ0v) is 16.1. The van der Waals surface area contributed by atoms with Gasteiger partial charge in [-0.3, -0.25) is 9.89 Å². The Balaban J connectivity index is 1.97. The molecule has 2 heterocycles. The number of nitrogens with one attached hydrogen (secondary N) is 1. The Morgan fingerprint density at radius 3 is 2.40 bits per heavy atom.